The Morgan fingerprint density at radius 1 is 1.06 bits per heavy atom. The van der Waals surface area contributed by atoms with E-state index in [-0.39, 0.29) is 30.1 Å². The highest BCUT2D eigenvalue weighted by Gasteiger charge is 2.23. The van der Waals surface area contributed by atoms with Gasteiger partial charge in [-0.1, -0.05) is 37.1 Å². The Kier molecular flexibility index (Phi) is 12.2. The average molecular weight is 558 g/mol. The van der Waals surface area contributed by atoms with Crippen LogP contribution in [0.2, 0.25) is 0 Å². The van der Waals surface area contributed by atoms with Gasteiger partial charge in [0.1, 0.15) is 0 Å². The van der Waals surface area contributed by atoms with Crippen LogP contribution in [0.4, 0.5) is 4.79 Å². The first-order chi connectivity index (χ1) is 15.2. The lowest BCUT2D eigenvalue weighted by atomic mass is 10.1. The summed E-state index contributed by atoms with van der Waals surface area (Å²) in [6, 6.07) is 9.01. The average Bonchev–Trinajstić information content (AvgIpc) is 3.07. The molecule has 0 bridgehead atoms. The van der Waals surface area contributed by atoms with Crippen molar-refractivity contribution in [1.82, 2.24) is 20.4 Å². The molecule has 0 aliphatic carbocycles. The minimum Gasteiger partial charge on any atom is -0.453 e. The van der Waals surface area contributed by atoms with Crippen molar-refractivity contribution in [2.45, 2.75) is 64.6 Å². The Labute approximate surface area is 210 Å². The third-order valence-electron chi connectivity index (χ3n) is 6.23. The van der Waals surface area contributed by atoms with Crippen molar-refractivity contribution in [2.75, 3.05) is 39.8 Å². The molecular weight excluding hydrogens is 517 g/mol. The van der Waals surface area contributed by atoms with Gasteiger partial charge in [0, 0.05) is 32.2 Å². The highest BCUT2D eigenvalue weighted by atomic mass is 127. The lowest BCUT2D eigenvalue weighted by molar-refractivity contribution is 0.111. The van der Waals surface area contributed by atoms with E-state index in [1.807, 2.05) is 0 Å². The van der Waals surface area contributed by atoms with Crippen molar-refractivity contribution in [3.63, 3.8) is 0 Å². The fourth-order valence-electron chi connectivity index (χ4n) is 4.41. The van der Waals surface area contributed by atoms with Crippen LogP contribution in [0.1, 0.15) is 56.6 Å². The molecule has 0 radical (unpaired) electrons. The minimum atomic E-state index is -0.236. The number of likely N-dealkylation sites (tertiary alicyclic amines) is 2. The first-order valence-electron chi connectivity index (χ1n) is 11.9. The van der Waals surface area contributed by atoms with Crippen LogP contribution in [0.25, 0.3) is 0 Å². The summed E-state index contributed by atoms with van der Waals surface area (Å²) in [7, 11) is 1.44. The van der Waals surface area contributed by atoms with Gasteiger partial charge in [-0.05, 0) is 56.8 Å². The Hall–Kier alpha value is -1.55. The molecule has 0 saturated carbocycles. The molecule has 32 heavy (non-hydrogen) atoms. The summed E-state index contributed by atoms with van der Waals surface area (Å²) in [5.74, 6) is 0.851. The van der Waals surface area contributed by atoms with Crippen molar-refractivity contribution in [2.24, 2.45) is 4.99 Å². The van der Waals surface area contributed by atoms with E-state index in [0.717, 1.165) is 31.9 Å². The highest BCUT2D eigenvalue weighted by Crippen LogP contribution is 2.17. The number of methoxy groups -OCH3 is 1. The number of hydrogen-bond acceptors (Lipinski definition) is 4. The number of ether oxygens (including phenoxy) is 1. The monoisotopic (exact) mass is 557 g/mol. The number of rotatable bonds is 6. The number of piperidine rings is 1. The number of aliphatic imine (C=N–C) groups is 1. The van der Waals surface area contributed by atoms with E-state index in [9.17, 15) is 4.79 Å². The number of amides is 1. The number of nitrogens with zero attached hydrogens (tertiary/aromatic N) is 3. The van der Waals surface area contributed by atoms with E-state index < -0.39 is 0 Å². The van der Waals surface area contributed by atoms with Gasteiger partial charge in [0.2, 0.25) is 0 Å². The normalized spacial score (nSPS) is 18.4. The molecule has 1 aromatic rings. The van der Waals surface area contributed by atoms with Gasteiger partial charge in [0.15, 0.2) is 5.96 Å². The summed E-state index contributed by atoms with van der Waals surface area (Å²) in [5.41, 5.74) is 2.68. The standard InChI is InChI=1S/C24H39N5O2.HI/c1-3-25-23(27-22-12-16-29(17-13-22)24(30)31-2)26-18-20-10-6-7-11-21(20)19-28-14-8-4-5-9-15-28;/h6-7,10-11,22H,3-5,8-9,12-19H2,1-2H3,(H2,25,26,27);1H. The van der Waals surface area contributed by atoms with E-state index in [2.05, 4.69) is 46.7 Å². The maximum Gasteiger partial charge on any atom is 0.409 e. The number of halogens is 1. The van der Waals surface area contributed by atoms with Crippen LogP contribution in [0.5, 0.6) is 0 Å². The van der Waals surface area contributed by atoms with E-state index >= 15 is 0 Å². The molecule has 1 aromatic carbocycles. The van der Waals surface area contributed by atoms with Crippen molar-refractivity contribution in [1.29, 1.82) is 0 Å². The Bertz CT molecular complexity index is 714. The fraction of sp³-hybridized carbons (Fsp3) is 0.667. The molecule has 2 saturated heterocycles. The largest absolute Gasteiger partial charge is 0.453 e. The molecule has 2 heterocycles. The fourth-order valence-corrected chi connectivity index (χ4v) is 4.41. The third-order valence-corrected chi connectivity index (χ3v) is 6.23. The molecule has 7 nitrogen and oxygen atoms in total. The molecule has 8 heteroatoms. The van der Waals surface area contributed by atoms with Crippen LogP contribution in [0, 0.1) is 0 Å². The SMILES string of the molecule is CCNC(=NCc1ccccc1CN1CCCCCC1)NC1CCN(C(=O)OC)CC1.I. The maximum absolute atomic E-state index is 11.7. The van der Waals surface area contributed by atoms with Crippen molar-refractivity contribution in [3.05, 3.63) is 35.4 Å². The van der Waals surface area contributed by atoms with Crippen LogP contribution in [0.3, 0.4) is 0 Å². The number of carbonyl (C=O) groups is 1. The molecule has 2 aliphatic heterocycles. The zero-order chi connectivity index (χ0) is 21.9. The van der Waals surface area contributed by atoms with Crippen molar-refractivity contribution < 1.29 is 9.53 Å². The molecule has 0 spiro atoms. The second kappa shape index (κ2) is 14.6. The van der Waals surface area contributed by atoms with Crippen molar-refractivity contribution >= 4 is 36.0 Å². The quantitative estimate of drug-likeness (QED) is 0.315. The second-order valence-electron chi connectivity index (χ2n) is 8.53. The minimum absolute atomic E-state index is 0. The van der Waals surface area contributed by atoms with E-state index in [1.165, 1.54) is 57.0 Å². The lowest BCUT2D eigenvalue weighted by Crippen LogP contribution is -2.49. The van der Waals surface area contributed by atoms with E-state index in [1.54, 1.807) is 4.90 Å². The number of benzene rings is 1. The maximum atomic E-state index is 11.7. The molecule has 1 amide bonds. The topological polar surface area (TPSA) is 69.2 Å². The van der Waals surface area contributed by atoms with Crippen LogP contribution in [0.15, 0.2) is 29.3 Å². The molecular formula is C24H40IN5O2. The van der Waals surface area contributed by atoms with E-state index in [0.29, 0.717) is 25.7 Å². The van der Waals surface area contributed by atoms with Gasteiger partial charge in [-0.25, -0.2) is 9.79 Å². The molecule has 0 unspecified atom stereocenters. The lowest BCUT2D eigenvalue weighted by Gasteiger charge is -2.32. The van der Waals surface area contributed by atoms with Gasteiger partial charge in [-0.15, -0.1) is 24.0 Å². The Balaban J connectivity index is 0.00000363. The summed E-state index contributed by atoms with van der Waals surface area (Å²) in [5, 5.41) is 6.94. The van der Waals surface area contributed by atoms with Gasteiger partial charge < -0.3 is 20.3 Å². The Morgan fingerprint density at radius 2 is 1.72 bits per heavy atom. The van der Waals surface area contributed by atoms with Gasteiger partial charge >= 0.3 is 6.09 Å². The number of carbonyl (C=O) groups excluding carboxylic acids is 1. The molecule has 180 valence electrons. The molecule has 2 N–H and O–H groups in total. The van der Waals surface area contributed by atoms with Gasteiger partial charge in [0.05, 0.1) is 13.7 Å². The van der Waals surface area contributed by atoms with Crippen molar-refractivity contribution in [3.8, 4) is 0 Å². The number of hydrogen-bond donors (Lipinski definition) is 2. The van der Waals surface area contributed by atoms with Crippen LogP contribution < -0.4 is 10.6 Å². The first kappa shape index (κ1) is 26.7. The molecule has 0 aromatic heterocycles. The number of nitrogens with one attached hydrogen (secondary N) is 2. The summed E-state index contributed by atoms with van der Waals surface area (Å²) in [4.78, 5) is 20.9. The van der Waals surface area contributed by atoms with Gasteiger partial charge in [-0.3, -0.25) is 4.90 Å². The summed E-state index contributed by atoms with van der Waals surface area (Å²) in [6.07, 6.45) is 6.89. The third kappa shape index (κ3) is 8.42. The zero-order valence-corrected chi connectivity index (χ0v) is 22.0. The Morgan fingerprint density at radius 3 is 2.34 bits per heavy atom. The molecule has 2 fully saturated rings. The molecule has 2 aliphatic rings. The molecule has 0 atom stereocenters. The number of guanidine groups is 1. The van der Waals surface area contributed by atoms with Gasteiger partial charge in [-0.2, -0.15) is 0 Å². The predicted octanol–water partition coefficient (Wildman–Crippen LogP) is 3.97. The summed E-state index contributed by atoms with van der Waals surface area (Å²) in [6.45, 7) is 8.41. The van der Waals surface area contributed by atoms with E-state index in [4.69, 9.17) is 9.73 Å². The highest BCUT2D eigenvalue weighted by molar-refractivity contribution is 14.0. The first-order valence-corrected chi connectivity index (χ1v) is 11.9. The van der Waals surface area contributed by atoms with Crippen LogP contribution in [-0.2, 0) is 17.8 Å². The second-order valence-corrected chi connectivity index (χ2v) is 8.53. The van der Waals surface area contributed by atoms with Gasteiger partial charge in [0.25, 0.3) is 0 Å². The molecule has 3 rings (SSSR count). The zero-order valence-electron chi connectivity index (χ0n) is 19.6. The van der Waals surface area contributed by atoms with Crippen LogP contribution >= 0.6 is 24.0 Å². The van der Waals surface area contributed by atoms with Crippen LogP contribution in [-0.4, -0.2) is 67.7 Å². The summed E-state index contributed by atoms with van der Waals surface area (Å²) >= 11 is 0. The summed E-state index contributed by atoms with van der Waals surface area (Å²) < 4.78 is 4.83. The predicted molar refractivity (Wildman–Crippen MR) is 141 cm³/mol. The smallest absolute Gasteiger partial charge is 0.409 e.